The molecule has 0 saturated carbocycles. The highest BCUT2D eigenvalue weighted by Crippen LogP contribution is 2.39. The van der Waals surface area contributed by atoms with E-state index in [1.165, 1.54) is 28.0 Å². The summed E-state index contributed by atoms with van der Waals surface area (Å²) < 4.78 is 1.84. The highest BCUT2D eigenvalue weighted by atomic mass is 32.1. The summed E-state index contributed by atoms with van der Waals surface area (Å²) in [5.41, 5.74) is 4.05. The summed E-state index contributed by atoms with van der Waals surface area (Å²) in [5.74, 6) is -0.0461. The van der Waals surface area contributed by atoms with Crippen LogP contribution >= 0.6 is 23.6 Å². The van der Waals surface area contributed by atoms with Crippen molar-refractivity contribution < 1.29 is 10.0 Å². The lowest BCUT2D eigenvalue weighted by molar-refractivity contribution is -0.384. The molecule has 8 heteroatoms. The molecule has 4 rings (SSSR count). The summed E-state index contributed by atoms with van der Waals surface area (Å²) in [5, 5.41) is 21.8. The van der Waals surface area contributed by atoms with Gasteiger partial charge in [-0.25, -0.2) is 0 Å². The number of nitro benzene ring substituents is 1. The summed E-state index contributed by atoms with van der Waals surface area (Å²) in [6.45, 7) is 1.92. The van der Waals surface area contributed by atoms with Crippen molar-refractivity contribution in [2.45, 2.75) is 6.92 Å². The van der Waals surface area contributed by atoms with Gasteiger partial charge < -0.3 is 5.11 Å². The van der Waals surface area contributed by atoms with Crippen molar-refractivity contribution in [3.63, 3.8) is 0 Å². The van der Waals surface area contributed by atoms with Gasteiger partial charge in [0.15, 0.2) is 3.95 Å². The van der Waals surface area contributed by atoms with Gasteiger partial charge in [-0.05, 0) is 37.4 Å². The molecule has 6 nitrogen and oxygen atoms in total. The summed E-state index contributed by atoms with van der Waals surface area (Å²) >= 11 is 6.63. The smallest absolute Gasteiger partial charge is 0.271 e. The van der Waals surface area contributed by atoms with Gasteiger partial charge >= 0.3 is 0 Å². The zero-order chi connectivity index (χ0) is 19.1. The number of aromatic hydroxyl groups is 1. The third kappa shape index (κ3) is 2.98. The Kier molecular flexibility index (Phi) is 4.21. The van der Waals surface area contributed by atoms with Crippen LogP contribution in [0.1, 0.15) is 17.4 Å². The summed E-state index contributed by atoms with van der Waals surface area (Å²) in [7, 11) is 0. The Morgan fingerprint density at radius 3 is 2.81 bits per heavy atom. The first kappa shape index (κ1) is 17.3. The summed E-state index contributed by atoms with van der Waals surface area (Å²) in [6.07, 6.45) is 1.86. The lowest BCUT2D eigenvalue weighted by atomic mass is 10.0. The van der Waals surface area contributed by atoms with Gasteiger partial charge in [0.1, 0.15) is 0 Å². The van der Waals surface area contributed by atoms with Crippen LogP contribution in [-0.4, -0.2) is 20.3 Å². The number of aromatic nitrogens is 1. The quantitative estimate of drug-likeness (QED) is 0.359. The van der Waals surface area contributed by atoms with Crippen LogP contribution in [0.5, 0.6) is 5.88 Å². The molecule has 2 aromatic carbocycles. The van der Waals surface area contributed by atoms with Crippen molar-refractivity contribution >= 4 is 52.3 Å². The lowest BCUT2D eigenvalue weighted by Crippen LogP contribution is -1.95. The maximum Gasteiger partial charge on any atom is 0.271 e. The lowest BCUT2D eigenvalue weighted by Gasteiger charge is -2.05. The number of fused-ring (bicyclic) bond motifs is 1. The van der Waals surface area contributed by atoms with E-state index in [1.807, 2.05) is 37.3 Å². The average Bonchev–Trinajstić information content (AvgIpc) is 3.11. The first-order chi connectivity index (χ1) is 13.0. The van der Waals surface area contributed by atoms with Crippen molar-refractivity contribution in [3.8, 4) is 11.6 Å². The highest BCUT2D eigenvalue weighted by molar-refractivity contribution is 7.73. The fourth-order valence-electron chi connectivity index (χ4n) is 3.00. The molecule has 0 saturated heterocycles. The van der Waals surface area contributed by atoms with E-state index < -0.39 is 4.92 Å². The molecule has 134 valence electrons. The van der Waals surface area contributed by atoms with Crippen molar-refractivity contribution in [1.82, 2.24) is 4.57 Å². The minimum atomic E-state index is -0.477. The van der Waals surface area contributed by atoms with Gasteiger partial charge in [0.05, 0.1) is 21.2 Å². The Bertz CT molecular complexity index is 1200. The number of nitro groups is 1. The van der Waals surface area contributed by atoms with E-state index >= 15 is 0 Å². The molecule has 0 aliphatic carbocycles. The van der Waals surface area contributed by atoms with Crippen LogP contribution in [0.25, 0.3) is 17.3 Å². The fourth-order valence-corrected chi connectivity index (χ4v) is 4.29. The molecule has 0 fully saturated rings. The SMILES string of the molecule is CC1=Nc2ccccc2C1=Cc1sc(=S)n(-c2cccc([N+](=O)[O-])c2)c1O. The van der Waals surface area contributed by atoms with Gasteiger partial charge in [0.2, 0.25) is 5.88 Å². The summed E-state index contributed by atoms with van der Waals surface area (Å²) in [4.78, 5) is 15.7. The Morgan fingerprint density at radius 1 is 1.26 bits per heavy atom. The number of hydrogen-bond acceptors (Lipinski definition) is 6. The van der Waals surface area contributed by atoms with Gasteiger partial charge in [0, 0.05) is 29.0 Å². The highest BCUT2D eigenvalue weighted by Gasteiger charge is 2.20. The monoisotopic (exact) mass is 395 g/mol. The number of para-hydroxylation sites is 1. The number of non-ortho nitro benzene ring substituents is 1. The topological polar surface area (TPSA) is 80.7 Å². The number of nitrogens with zero attached hydrogens (tertiary/aromatic N) is 3. The van der Waals surface area contributed by atoms with E-state index in [9.17, 15) is 15.2 Å². The standard InChI is InChI=1S/C19H13N3O3S2/c1-11-15(14-7-2-3-8-16(14)20-11)10-17-18(23)21(19(26)27-17)12-5-4-6-13(9-12)22(24)25/h2-10,23H,1H3. The number of hydrogen-bond donors (Lipinski definition) is 1. The zero-order valence-corrected chi connectivity index (χ0v) is 15.8. The largest absolute Gasteiger partial charge is 0.493 e. The molecule has 0 atom stereocenters. The van der Waals surface area contributed by atoms with Gasteiger partial charge in [-0.2, -0.15) is 0 Å². The van der Waals surface area contributed by atoms with Crippen LogP contribution in [0.4, 0.5) is 11.4 Å². The van der Waals surface area contributed by atoms with Crippen molar-refractivity contribution in [2.75, 3.05) is 0 Å². The van der Waals surface area contributed by atoms with Gasteiger partial charge in [-0.3, -0.25) is 19.7 Å². The maximum atomic E-state index is 11.0. The van der Waals surface area contributed by atoms with Crippen molar-refractivity contribution in [3.05, 3.63) is 73.0 Å². The second-order valence-corrected chi connectivity index (χ2v) is 7.62. The van der Waals surface area contributed by atoms with Gasteiger partial charge in [-0.1, -0.05) is 24.3 Å². The summed E-state index contributed by atoms with van der Waals surface area (Å²) in [6, 6.07) is 13.8. The Labute approximate surface area is 163 Å². The molecule has 2 heterocycles. The molecule has 27 heavy (non-hydrogen) atoms. The van der Waals surface area contributed by atoms with E-state index in [-0.39, 0.29) is 11.6 Å². The number of aliphatic imine (C=N–C) groups is 1. The first-order valence-corrected chi connectivity index (χ1v) is 9.24. The molecule has 3 aromatic rings. The Morgan fingerprint density at radius 2 is 2.04 bits per heavy atom. The number of allylic oxidation sites excluding steroid dienone is 1. The Balaban J connectivity index is 1.84. The van der Waals surface area contributed by atoms with Crippen molar-refractivity contribution in [1.29, 1.82) is 0 Å². The molecular weight excluding hydrogens is 382 g/mol. The number of rotatable bonds is 3. The fraction of sp³-hybridized carbons (Fsp3) is 0.0526. The van der Waals surface area contributed by atoms with E-state index in [4.69, 9.17) is 12.2 Å². The van der Waals surface area contributed by atoms with Gasteiger partial charge in [0.25, 0.3) is 5.69 Å². The second kappa shape index (κ2) is 6.57. The molecule has 0 spiro atoms. The molecule has 1 N–H and O–H groups in total. The van der Waals surface area contributed by atoms with Crippen LogP contribution in [0.15, 0.2) is 53.5 Å². The molecular formula is C19H13N3O3S2. The average molecular weight is 395 g/mol. The minimum absolute atomic E-state index is 0.0461. The second-order valence-electron chi connectivity index (χ2n) is 5.94. The van der Waals surface area contributed by atoms with Crippen LogP contribution in [-0.2, 0) is 0 Å². The number of benzene rings is 2. The molecule has 0 unspecified atom stereocenters. The van der Waals surface area contributed by atoms with Crippen LogP contribution in [0.3, 0.4) is 0 Å². The Hall–Kier alpha value is -3.10. The van der Waals surface area contributed by atoms with E-state index in [0.29, 0.717) is 14.5 Å². The van der Waals surface area contributed by atoms with Crippen LogP contribution < -0.4 is 0 Å². The maximum absolute atomic E-state index is 11.0. The third-order valence-electron chi connectivity index (χ3n) is 4.26. The normalized spacial score (nSPS) is 14.3. The predicted molar refractivity (Wildman–Crippen MR) is 110 cm³/mol. The third-order valence-corrected chi connectivity index (χ3v) is 5.57. The first-order valence-electron chi connectivity index (χ1n) is 8.02. The zero-order valence-electron chi connectivity index (χ0n) is 14.1. The van der Waals surface area contributed by atoms with E-state index in [0.717, 1.165) is 22.5 Å². The van der Waals surface area contributed by atoms with Crippen molar-refractivity contribution in [2.24, 2.45) is 4.99 Å². The minimum Gasteiger partial charge on any atom is -0.493 e. The molecule has 0 radical (unpaired) electrons. The van der Waals surface area contributed by atoms with Crippen LogP contribution in [0, 0.1) is 14.1 Å². The molecule has 1 aliphatic rings. The van der Waals surface area contributed by atoms with Crippen LogP contribution in [0.2, 0.25) is 0 Å². The van der Waals surface area contributed by atoms with E-state index in [1.54, 1.807) is 12.1 Å². The van der Waals surface area contributed by atoms with Gasteiger partial charge in [-0.15, -0.1) is 11.3 Å². The predicted octanol–water partition coefficient (Wildman–Crippen LogP) is 5.53. The number of thiazole rings is 1. The molecule has 1 aliphatic heterocycles. The molecule has 0 bridgehead atoms. The molecule has 0 amide bonds. The molecule has 1 aromatic heterocycles. The van der Waals surface area contributed by atoms with E-state index in [2.05, 4.69) is 4.99 Å².